The van der Waals surface area contributed by atoms with Crippen LogP contribution in [0.25, 0.3) is 0 Å². The summed E-state index contributed by atoms with van der Waals surface area (Å²) in [6.45, 7) is 6.87. The second-order valence-corrected chi connectivity index (χ2v) is 7.13. The summed E-state index contributed by atoms with van der Waals surface area (Å²) < 4.78 is 0. The molecule has 0 bridgehead atoms. The number of nitrogens with zero attached hydrogens (tertiary/aromatic N) is 1. The van der Waals surface area contributed by atoms with E-state index in [9.17, 15) is 9.59 Å². The van der Waals surface area contributed by atoms with Crippen molar-refractivity contribution in [1.82, 2.24) is 10.2 Å². The van der Waals surface area contributed by atoms with Gasteiger partial charge in [0.1, 0.15) is 11.6 Å². The number of hydrogen-bond donors (Lipinski definition) is 1. The van der Waals surface area contributed by atoms with Crippen LogP contribution in [0.4, 0.5) is 0 Å². The Balaban J connectivity index is 1.87. The summed E-state index contributed by atoms with van der Waals surface area (Å²) in [5.74, 6) is 0.534. The molecular weight excluding hydrogens is 240 g/mol. The Kier molecular flexibility index (Phi) is 2.70. The zero-order valence-electron chi connectivity index (χ0n) is 12.2. The zero-order valence-corrected chi connectivity index (χ0v) is 12.2. The molecule has 0 spiro atoms. The van der Waals surface area contributed by atoms with Gasteiger partial charge in [-0.25, -0.2) is 0 Å². The van der Waals surface area contributed by atoms with Gasteiger partial charge in [0.15, 0.2) is 0 Å². The molecular formula is C15H24N2O2. The molecule has 4 nitrogen and oxygen atoms in total. The Labute approximate surface area is 114 Å². The average Bonchev–Trinajstić information content (AvgIpc) is 3.21. The maximum absolute atomic E-state index is 12.9. The molecule has 3 fully saturated rings. The highest BCUT2D eigenvalue weighted by molar-refractivity contribution is 6.00. The molecule has 2 atom stereocenters. The summed E-state index contributed by atoms with van der Waals surface area (Å²) in [6, 6.07) is -0.267. The van der Waals surface area contributed by atoms with E-state index in [2.05, 4.69) is 12.2 Å². The van der Waals surface area contributed by atoms with Crippen LogP contribution in [0.5, 0.6) is 0 Å². The van der Waals surface area contributed by atoms with E-state index in [4.69, 9.17) is 0 Å². The number of hydrogen-bond acceptors (Lipinski definition) is 2. The molecule has 106 valence electrons. The predicted molar refractivity (Wildman–Crippen MR) is 72.4 cm³/mol. The van der Waals surface area contributed by atoms with E-state index in [1.165, 1.54) is 12.8 Å². The van der Waals surface area contributed by atoms with Crippen molar-refractivity contribution in [2.45, 2.75) is 64.5 Å². The van der Waals surface area contributed by atoms with Gasteiger partial charge in [-0.15, -0.1) is 0 Å². The number of piperazine rings is 1. The predicted octanol–water partition coefficient (Wildman–Crippen LogP) is 1.69. The van der Waals surface area contributed by atoms with Crippen LogP contribution in [0.1, 0.15) is 52.9 Å². The molecule has 0 aromatic carbocycles. The van der Waals surface area contributed by atoms with Crippen molar-refractivity contribution in [3.8, 4) is 0 Å². The zero-order chi connectivity index (χ0) is 13.8. The van der Waals surface area contributed by atoms with Crippen molar-refractivity contribution < 1.29 is 9.59 Å². The fourth-order valence-electron chi connectivity index (χ4n) is 3.28. The van der Waals surface area contributed by atoms with Crippen LogP contribution < -0.4 is 5.32 Å². The van der Waals surface area contributed by atoms with Gasteiger partial charge in [0.25, 0.3) is 0 Å². The van der Waals surface area contributed by atoms with Gasteiger partial charge < -0.3 is 10.2 Å². The molecule has 2 aliphatic carbocycles. The van der Waals surface area contributed by atoms with E-state index in [-0.39, 0.29) is 23.3 Å². The molecule has 2 saturated carbocycles. The Hall–Kier alpha value is -1.06. The van der Waals surface area contributed by atoms with Gasteiger partial charge in [-0.3, -0.25) is 9.59 Å². The number of carbonyl (C=O) groups is 2. The highest BCUT2D eigenvalue weighted by Crippen LogP contribution is 2.48. The van der Waals surface area contributed by atoms with E-state index < -0.39 is 5.54 Å². The number of rotatable bonds is 4. The SMILES string of the molecule is CCC1C(=O)NC(C)(C2CC2)C(=O)N1CC1(C)CC1. The third-order valence-electron chi connectivity index (χ3n) is 5.20. The first-order valence-corrected chi connectivity index (χ1v) is 7.53. The van der Waals surface area contributed by atoms with Crippen LogP contribution in [-0.2, 0) is 9.59 Å². The highest BCUT2D eigenvalue weighted by Gasteiger charge is 2.56. The first-order chi connectivity index (χ1) is 8.89. The number of carbonyl (C=O) groups excluding carboxylic acids is 2. The number of amides is 2. The Bertz CT molecular complexity index is 426. The van der Waals surface area contributed by atoms with Gasteiger partial charge in [-0.1, -0.05) is 13.8 Å². The van der Waals surface area contributed by atoms with Crippen LogP contribution in [0.15, 0.2) is 0 Å². The van der Waals surface area contributed by atoms with Crippen molar-refractivity contribution in [1.29, 1.82) is 0 Å². The minimum absolute atomic E-state index is 0.0424. The van der Waals surface area contributed by atoms with Crippen LogP contribution in [0, 0.1) is 11.3 Å². The van der Waals surface area contributed by atoms with Crippen LogP contribution in [0.3, 0.4) is 0 Å². The first kappa shape index (κ1) is 12.9. The molecule has 19 heavy (non-hydrogen) atoms. The minimum Gasteiger partial charge on any atom is -0.340 e. The molecule has 4 heteroatoms. The second kappa shape index (κ2) is 3.97. The quantitative estimate of drug-likeness (QED) is 0.840. The lowest BCUT2D eigenvalue weighted by molar-refractivity contribution is -0.156. The molecule has 1 saturated heterocycles. The van der Waals surface area contributed by atoms with E-state index >= 15 is 0 Å². The third kappa shape index (κ3) is 2.05. The molecule has 0 radical (unpaired) electrons. The molecule has 1 heterocycles. The van der Waals surface area contributed by atoms with Crippen molar-refractivity contribution >= 4 is 11.8 Å². The molecule has 2 unspecified atom stereocenters. The normalized spacial score (nSPS) is 37.2. The lowest BCUT2D eigenvalue weighted by atomic mass is 9.88. The largest absolute Gasteiger partial charge is 0.340 e. The number of nitrogens with one attached hydrogen (secondary N) is 1. The standard InChI is InChI=1S/C15H24N2O2/c1-4-11-12(18)16-15(3,10-5-6-10)13(19)17(11)9-14(2)7-8-14/h10-11H,4-9H2,1-3H3,(H,16,18). The van der Waals surface area contributed by atoms with E-state index in [1.807, 2.05) is 18.7 Å². The highest BCUT2D eigenvalue weighted by atomic mass is 16.2. The summed E-state index contributed by atoms with van der Waals surface area (Å²) >= 11 is 0. The molecule has 0 aromatic heterocycles. The third-order valence-corrected chi connectivity index (χ3v) is 5.20. The van der Waals surface area contributed by atoms with Gasteiger partial charge in [-0.2, -0.15) is 0 Å². The summed E-state index contributed by atoms with van der Waals surface area (Å²) in [4.78, 5) is 27.1. The Morgan fingerprint density at radius 3 is 2.37 bits per heavy atom. The van der Waals surface area contributed by atoms with Crippen LogP contribution >= 0.6 is 0 Å². The maximum atomic E-state index is 12.9. The van der Waals surface area contributed by atoms with Gasteiger partial charge in [0.2, 0.25) is 11.8 Å². The van der Waals surface area contributed by atoms with Gasteiger partial charge in [0.05, 0.1) is 0 Å². The lowest BCUT2D eigenvalue weighted by Gasteiger charge is -2.45. The van der Waals surface area contributed by atoms with Crippen LogP contribution in [-0.4, -0.2) is 34.8 Å². The molecule has 1 aliphatic heterocycles. The van der Waals surface area contributed by atoms with Crippen LogP contribution in [0.2, 0.25) is 0 Å². The fourth-order valence-corrected chi connectivity index (χ4v) is 3.28. The lowest BCUT2D eigenvalue weighted by Crippen LogP contribution is -2.70. The van der Waals surface area contributed by atoms with Gasteiger partial charge in [-0.05, 0) is 50.4 Å². The summed E-state index contributed by atoms with van der Waals surface area (Å²) in [6.07, 6.45) is 5.17. The van der Waals surface area contributed by atoms with Crippen molar-refractivity contribution in [3.63, 3.8) is 0 Å². The monoisotopic (exact) mass is 264 g/mol. The molecule has 0 aromatic rings. The summed E-state index contributed by atoms with van der Waals surface area (Å²) in [5, 5.41) is 3.01. The summed E-state index contributed by atoms with van der Waals surface area (Å²) in [7, 11) is 0. The van der Waals surface area contributed by atoms with E-state index in [1.54, 1.807) is 0 Å². The topological polar surface area (TPSA) is 49.4 Å². The maximum Gasteiger partial charge on any atom is 0.249 e. The minimum atomic E-state index is -0.645. The molecule has 3 aliphatic rings. The summed E-state index contributed by atoms with van der Waals surface area (Å²) in [5.41, 5.74) is -0.390. The van der Waals surface area contributed by atoms with Crippen molar-refractivity contribution in [3.05, 3.63) is 0 Å². The van der Waals surface area contributed by atoms with Gasteiger partial charge >= 0.3 is 0 Å². The molecule has 1 N–H and O–H groups in total. The Morgan fingerprint density at radius 1 is 1.26 bits per heavy atom. The fraction of sp³-hybridized carbons (Fsp3) is 0.867. The second-order valence-electron chi connectivity index (χ2n) is 7.13. The van der Waals surface area contributed by atoms with E-state index in [0.717, 1.165) is 19.4 Å². The van der Waals surface area contributed by atoms with Gasteiger partial charge in [0, 0.05) is 6.54 Å². The average molecular weight is 264 g/mol. The first-order valence-electron chi connectivity index (χ1n) is 7.53. The van der Waals surface area contributed by atoms with Crippen molar-refractivity contribution in [2.24, 2.45) is 11.3 Å². The smallest absolute Gasteiger partial charge is 0.249 e. The molecule has 3 rings (SSSR count). The van der Waals surface area contributed by atoms with Crippen molar-refractivity contribution in [2.75, 3.05) is 6.54 Å². The Morgan fingerprint density at radius 2 is 1.89 bits per heavy atom. The van der Waals surface area contributed by atoms with E-state index in [0.29, 0.717) is 12.3 Å². The molecule has 2 amide bonds.